The molecule has 0 aliphatic heterocycles. The summed E-state index contributed by atoms with van der Waals surface area (Å²) in [6, 6.07) is 0. The average Bonchev–Trinajstić information content (AvgIpc) is 2.81. The van der Waals surface area contributed by atoms with Gasteiger partial charge in [-0.2, -0.15) is 0 Å². The number of allylic oxidation sites excluding steroid dienone is 2. The summed E-state index contributed by atoms with van der Waals surface area (Å²) in [5, 5.41) is 0. The Bertz CT molecular complexity index is 178. The van der Waals surface area contributed by atoms with Crippen molar-refractivity contribution in [1.29, 1.82) is 0 Å². The fraction of sp³-hybridized carbons (Fsp3) is 0.857. The van der Waals surface area contributed by atoms with Gasteiger partial charge in [0.15, 0.2) is 0 Å². The van der Waals surface area contributed by atoms with Crippen LogP contribution in [-0.4, -0.2) is 0 Å². The van der Waals surface area contributed by atoms with Crippen LogP contribution in [0.5, 0.6) is 0 Å². The van der Waals surface area contributed by atoms with Gasteiger partial charge in [0.1, 0.15) is 0 Å². The highest BCUT2D eigenvalue weighted by atomic mass is 14.4. The van der Waals surface area contributed by atoms with Crippen LogP contribution in [0.2, 0.25) is 0 Å². The predicted octanol–water partition coefficient (Wildman–Crippen LogP) is 4.66. The molecule has 1 aliphatic rings. The lowest BCUT2D eigenvalue weighted by Crippen LogP contribution is -1.93. The van der Waals surface area contributed by atoms with Crippen molar-refractivity contribution in [3.8, 4) is 0 Å². The molecule has 3 unspecified atom stereocenters. The van der Waals surface area contributed by atoms with Gasteiger partial charge in [-0.15, -0.1) is 0 Å². The molecule has 3 atom stereocenters. The van der Waals surface area contributed by atoms with Gasteiger partial charge >= 0.3 is 0 Å². The monoisotopic (exact) mass is 194 g/mol. The van der Waals surface area contributed by atoms with Crippen LogP contribution < -0.4 is 0 Å². The second kappa shape index (κ2) is 5.58. The van der Waals surface area contributed by atoms with E-state index in [1.54, 1.807) is 0 Å². The minimum absolute atomic E-state index is 0.823. The Morgan fingerprint density at radius 2 is 1.93 bits per heavy atom. The molecule has 14 heavy (non-hydrogen) atoms. The van der Waals surface area contributed by atoms with Crippen molar-refractivity contribution < 1.29 is 0 Å². The molecule has 0 amide bonds. The van der Waals surface area contributed by atoms with E-state index in [9.17, 15) is 0 Å². The second-order valence-electron chi connectivity index (χ2n) is 5.49. The predicted molar refractivity (Wildman–Crippen MR) is 64.3 cm³/mol. The normalized spacial score (nSPS) is 28.6. The van der Waals surface area contributed by atoms with Crippen molar-refractivity contribution in [2.75, 3.05) is 0 Å². The highest BCUT2D eigenvalue weighted by Gasteiger charge is 2.35. The maximum absolute atomic E-state index is 2.44. The minimum atomic E-state index is 0.823. The first-order valence-corrected chi connectivity index (χ1v) is 6.28. The van der Waals surface area contributed by atoms with Crippen molar-refractivity contribution in [2.24, 2.45) is 23.7 Å². The number of hydrogen-bond acceptors (Lipinski definition) is 0. The Morgan fingerprint density at radius 1 is 1.29 bits per heavy atom. The topological polar surface area (TPSA) is 0 Å². The molecule has 0 aromatic heterocycles. The average molecular weight is 194 g/mol. The van der Waals surface area contributed by atoms with Crippen LogP contribution in [-0.2, 0) is 0 Å². The van der Waals surface area contributed by atoms with E-state index >= 15 is 0 Å². The highest BCUT2D eigenvalue weighted by molar-refractivity contribution is 4.97. The zero-order valence-corrected chi connectivity index (χ0v) is 10.3. The maximum Gasteiger partial charge on any atom is -0.0231 e. The number of hydrogen-bond donors (Lipinski definition) is 0. The first-order chi connectivity index (χ1) is 6.61. The zero-order chi connectivity index (χ0) is 10.6. The molecule has 0 heteroatoms. The molecule has 1 aliphatic carbocycles. The molecule has 0 bridgehead atoms. The SMILES string of the molecule is CC(C)CCCC=CC(C)C1CC1C. The molecule has 1 saturated carbocycles. The van der Waals surface area contributed by atoms with Crippen molar-refractivity contribution >= 4 is 0 Å². The molecular formula is C14H26. The summed E-state index contributed by atoms with van der Waals surface area (Å²) in [5.74, 6) is 3.68. The number of rotatable bonds is 6. The summed E-state index contributed by atoms with van der Waals surface area (Å²) in [7, 11) is 0. The zero-order valence-electron chi connectivity index (χ0n) is 10.3. The van der Waals surface area contributed by atoms with Gasteiger partial charge in [-0.3, -0.25) is 0 Å². The van der Waals surface area contributed by atoms with Gasteiger partial charge in [-0.05, 0) is 42.9 Å². The van der Waals surface area contributed by atoms with Gasteiger partial charge in [0.2, 0.25) is 0 Å². The molecule has 1 fully saturated rings. The van der Waals surface area contributed by atoms with Gasteiger partial charge in [0.05, 0.1) is 0 Å². The Morgan fingerprint density at radius 3 is 2.43 bits per heavy atom. The molecule has 0 radical (unpaired) electrons. The van der Waals surface area contributed by atoms with Crippen LogP contribution in [0.25, 0.3) is 0 Å². The second-order valence-corrected chi connectivity index (χ2v) is 5.49. The third-order valence-electron chi connectivity index (χ3n) is 3.44. The van der Waals surface area contributed by atoms with E-state index in [1.165, 1.54) is 25.7 Å². The quantitative estimate of drug-likeness (QED) is 0.426. The Balaban J connectivity index is 2.02. The van der Waals surface area contributed by atoms with Crippen LogP contribution in [0.1, 0.15) is 53.4 Å². The van der Waals surface area contributed by atoms with Crippen molar-refractivity contribution in [3.05, 3.63) is 12.2 Å². The van der Waals surface area contributed by atoms with Crippen molar-refractivity contribution in [3.63, 3.8) is 0 Å². The molecule has 0 aromatic carbocycles. The van der Waals surface area contributed by atoms with E-state index in [0.717, 1.165) is 23.7 Å². The molecule has 1 rings (SSSR count). The van der Waals surface area contributed by atoms with Crippen LogP contribution in [0, 0.1) is 23.7 Å². The van der Waals surface area contributed by atoms with Crippen LogP contribution in [0.3, 0.4) is 0 Å². The molecule has 0 saturated heterocycles. The largest absolute Gasteiger partial charge is 0.0883 e. The third kappa shape index (κ3) is 4.30. The van der Waals surface area contributed by atoms with Gasteiger partial charge in [0, 0.05) is 0 Å². The van der Waals surface area contributed by atoms with E-state index in [2.05, 4.69) is 39.8 Å². The molecule has 0 aromatic rings. The van der Waals surface area contributed by atoms with Crippen LogP contribution in [0.4, 0.5) is 0 Å². The summed E-state index contributed by atoms with van der Waals surface area (Å²) in [5.41, 5.74) is 0. The first kappa shape index (κ1) is 11.8. The van der Waals surface area contributed by atoms with E-state index in [0.29, 0.717) is 0 Å². The van der Waals surface area contributed by atoms with Crippen LogP contribution >= 0.6 is 0 Å². The van der Waals surface area contributed by atoms with Crippen LogP contribution in [0.15, 0.2) is 12.2 Å². The smallest absolute Gasteiger partial charge is 0.0231 e. The fourth-order valence-corrected chi connectivity index (χ4v) is 2.18. The van der Waals surface area contributed by atoms with E-state index in [-0.39, 0.29) is 0 Å². The maximum atomic E-state index is 2.44. The molecule has 0 heterocycles. The lowest BCUT2D eigenvalue weighted by Gasteiger charge is -2.04. The lowest BCUT2D eigenvalue weighted by atomic mass is 10.0. The van der Waals surface area contributed by atoms with Gasteiger partial charge in [-0.25, -0.2) is 0 Å². The van der Waals surface area contributed by atoms with Gasteiger partial charge in [-0.1, -0.05) is 46.3 Å². The molecular weight excluding hydrogens is 168 g/mol. The summed E-state index contributed by atoms with van der Waals surface area (Å²) in [4.78, 5) is 0. The fourth-order valence-electron chi connectivity index (χ4n) is 2.18. The first-order valence-electron chi connectivity index (χ1n) is 6.28. The van der Waals surface area contributed by atoms with E-state index in [4.69, 9.17) is 0 Å². The number of unbranched alkanes of at least 4 members (excludes halogenated alkanes) is 1. The Kier molecular flexibility index (Phi) is 4.71. The van der Waals surface area contributed by atoms with Gasteiger partial charge in [0.25, 0.3) is 0 Å². The van der Waals surface area contributed by atoms with E-state index < -0.39 is 0 Å². The standard InChI is InChI=1S/C14H26/c1-11(2)8-6-5-7-9-12(3)14-10-13(14)4/h7,9,11-14H,5-6,8,10H2,1-4H3. The van der Waals surface area contributed by atoms with Gasteiger partial charge < -0.3 is 0 Å². The Hall–Kier alpha value is -0.260. The molecule has 82 valence electrons. The van der Waals surface area contributed by atoms with E-state index in [1.807, 2.05) is 0 Å². The molecule has 0 N–H and O–H groups in total. The minimum Gasteiger partial charge on any atom is -0.0883 e. The summed E-state index contributed by atoms with van der Waals surface area (Å²) in [6.45, 7) is 9.34. The van der Waals surface area contributed by atoms with Crippen molar-refractivity contribution in [2.45, 2.75) is 53.4 Å². The molecule has 0 nitrogen and oxygen atoms in total. The third-order valence-corrected chi connectivity index (χ3v) is 3.44. The molecule has 0 spiro atoms. The lowest BCUT2D eigenvalue weighted by molar-refractivity contribution is 0.555. The summed E-state index contributed by atoms with van der Waals surface area (Å²) < 4.78 is 0. The summed E-state index contributed by atoms with van der Waals surface area (Å²) in [6.07, 6.45) is 10.3. The van der Waals surface area contributed by atoms with Crippen molar-refractivity contribution in [1.82, 2.24) is 0 Å². The Labute approximate surface area is 89.8 Å². The summed E-state index contributed by atoms with van der Waals surface area (Å²) >= 11 is 0. The highest BCUT2D eigenvalue weighted by Crippen LogP contribution is 2.44.